The van der Waals surface area contributed by atoms with E-state index in [9.17, 15) is 14.4 Å². The Kier molecular flexibility index (Phi) is 4.30. The fraction of sp³-hybridized carbons (Fsp3) is 0.0769. The molecule has 1 amide bonds. The van der Waals surface area contributed by atoms with Crippen molar-refractivity contribution < 1.29 is 9.53 Å². The number of ether oxygens (including phenoxy) is 1. The number of carbonyl (C=O) groups is 1. The third-order valence-corrected chi connectivity index (χ3v) is 2.51. The van der Waals surface area contributed by atoms with Crippen LogP contribution in [0.25, 0.3) is 0 Å². The number of methoxy groups -OCH3 is 1. The number of H-pyrrole nitrogens is 2. The van der Waals surface area contributed by atoms with Crippen LogP contribution in [0.15, 0.2) is 45.0 Å². The van der Waals surface area contributed by atoms with E-state index in [0.717, 1.165) is 6.07 Å². The fourth-order valence-corrected chi connectivity index (χ4v) is 1.58. The largest absolute Gasteiger partial charge is 0.496 e. The lowest BCUT2D eigenvalue weighted by molar-refractivity contribution is 0.0949. The van der Waals surface area contributed by atoms with Gasteiger partial charge in [0.1, 0.15) is 11.4 Å². The molecule has 8 heteroatoms. The molecule has 1 aromatic carbocycles. The normalized spacial score (nSPS) is 10.5. The number of hydrogen-bond acceptors (Lipinski definition) is 5. The number of hydrazone groups is 1. The fourth-order valence-electron chi connectivity index (χ4n) is 1.58. The van der Waals surface area contributed by atoms with E-state index >= 15 is 0 Å². The standard InChI is InChI=1S/C13H12N4O4/c1-21-10-5-3-2-4-8(10)7-14-17-12(19)9-6-11(18)16-13(20)15-9/h2-7H,1H3,(H,17,19)(H2,15,16,18,20)/b14-7+. The molecule has 0 aliphatic carbocycles. The average molecular weight is 288 g/mol. The van der Waals surface area contributed by atoms with Crippen LogP contribution in [0, 0.1) is 0 Å². The molecule has 0 radical (unpaired) electrons. The smallest absolute Gasteiger partial charge is 0.326 e. The van der Waals surface area contributed by atoms with Gasteiger partial charge in [0.25, 0.3) is 11.5 Å². The second-order valence-electron chi connectivity index (χ2n) is 3.94. The Morgan fingerprint density at radius 2 is 2.05 bits per heavy atom. The summed E-state index contributed by atoms with van der Waals surface area (Å²) in [6.45, 7) is 0. The zero-order valence-electron chi connectivity index (χ0n) is 11.0. The average Bonchev–Trinajstić information content (AvgIpc) is 2.46. The van der Waals surface area contributed by atoms with Gasteiger partial charge in [-0.25, -0.2) is 10.2 Å². The molecule has 0 saturated carbocycles. The van der Waals surface area contributed by atoms with Crippen LogP contribution in [-0.4, -0.2) is 29.2 Å². The van der Waals surface area contributed by atoms with Gasteiger partial charge in [0.05, 0.1) is 13.3 Å². The van der Waals surface area contributed by atoms with Crippen molar-refractivity contribution in [1.29, 1.82) is 0 Å². The topological polar surface area (TPSA) is 116 Å². The molecule has 108 valence electrons. The zero-order valence-corrected chi connectivity index (χ0v) is 11.0. The first-order valence-corrected chi connectivity index (χ1v) is 5.90. The molecule has 3 N–H and O–H groups in total. The van der Waals surface area contributed by atoms with Gasteiger partial charge in [-0.2, -0.15) is 5.10 Å². The molecule has 2 aromatic rings. The molecule has 0 fully saturated rings. The van der Waals surface area contributed by atoms with Crippen LogP contribution >= 0.6 is 0 Å². The number of amides is 1. The van der Waals surface area contributed by atoms with Gasteiger partial charge in [-0.05, 0) is 12.1 Å². The van der Waals surface area contributed by atoms with Crippen LogP contribution < -0.4 is 21.4 Å². The summed E-state index contributed by atoms with van der Waals surface area (Å²) in [6, 6.07) is 8.06. The van der Waals surface area contributed by atoms with E-state index in [4.69, 9.17) is 4.74 Å². The molecule has 0 saturated heterocycles. The predicted molar refractivity (Wildman–Crippen MR) is 75.7 cm³/mol. The van der Waals surface area contributed by atoms with E-state index in [2.05, 4.69) is 15.5 Å². The van der Waals surface area contributed by atoms with Gasteiger partial charge >= 0.3 is 5.69 Å². The highest BCUT2D eigenvalue weighted by atomic mass is 16.5. The molecule has 0 atom stereocenters. The molecular formula is C13H12N4O4. The van der Waals surface area contributed by atoms with Crippen LogP contribution in [0.3, 0.4) is 0 Å². The Bertz CT molecular complexity index is 763. The summed E-state index contributed by atoms with van der Waals surface area (Å²) >= 11 is 0. The molecular weight excluding hydrogens is 276 g/mol. The lowest BCUT2D eigenvalue weighted by atomic mass is 10.2. The number of para-hydroxylation sites is 1. The monoisotopic (exact) mass is 288 g/mol. The van der Waals surface area contributed by atoms with E-state index in [1.165, 1.54) is 13.3 Å². The van der Waals surface area contributed by atoms with E-state index in [0.29, 0.717) is 11.3 Å². The maximum atomic E-state index is 11.7. The highest BCUT2D eigenvalue weighted by molar-refractivity contribution is 5.93. The third kappa shape index (κ3) is 3.66. The van der Waals surface area contributed by atoms with E-state index < -0.39 is 17.2 Å². The Morgan fingerprint density at radius 1 is 1.29 bits per heavy atom. The van der Waals surface area contributed by atoms with Crippen molar-refractivity contribution in [2.45, 2.75) is 0 Å². The van der Waals surface area contributed by atoms with Crippen molar-refractivity contribution in [3.8, 4) is 5.75 Å². The number of rotatable bonds is 4. The minimum atomic E-state index is -0.763. The van der Waals surface area contributed by atoms with Crippen molar-refractivity contribution in [2.75, 3.05) is 7.11 Å². The summed E-state index contributed by atoms with van der Waals surface area (Å²) in [5.74, 6) is -0.107. The van der Waals surface area contributed by atoms with Crippen LogP contribution in [0.1, 0.15) is 16.1 Å². The molecule has 2 rings (SSSR count). The molecule has 0 aliphatic rings. The van der Waals surface area contributed by atoms with Gasteiger partial charge < -0.3 is 9.72 Å². The summed E-state index contributed by atoms with van der Waals surface area (Å²) in [4.78, 5) is 38.0. The molecule has 1 heterocycles. The highest BCUT2D eigenvalue weighted by Gasteiger charge is 2.06. The quantitative estimate of drug-likeness (QED) is 0.535. The van der Waals surface area contributed by atoms with Crippen molar-refractivity contribution in [2.24, 2.45) is 5.10 Å². The molecule has 8 nitrogen and oxygen atoms in total. The van der Waals surface area contributed by atoms with Gasteiger partial charge in [0.2, 0.25) is 0 Å². The van der Waals surface area contributed by atoms with Crippen molar-refractivity contribution in [1.82, 2.24) is 15.4 Å². The summed E-state index contributed by atoms with van der Waals surface area (Å²) in [7, 11) is 1.52. The number of nitrogens with one attached hydrogen (secondary N) is 3. The second kappa shape index (κ2) is 6.33. The Hall–Kier alpha value is -3.16. The molecule has 0 bridgehead atoms. The number of aromatic nitrogens is 2. The van der Waals surface area contributed by atoms with Crippen LogP contribution in [0.4, 0.5) is 0 Å². The lowest BCUT2D eigenvalue weighted by Crippen LogP contribution is -2.28. The highest BCUT2D eigenvalue weighted by Crippen LogP contribution is 2.14. The predicted octanol–water partition coefficient (Wildman–Crippen LogP) is -0.164. The van der Waals surface area contributed by atoms with Gasteiger partial charge in [0.15, 0.2) is 0 Å². The Labute approximate surface area is 118 Å². The maximum Gasteiger partial charge on any atom is 0.326 e. The first kappa shape index (κ1) is 14.3. The molecule has 1 aromatic heterocycles. The van der Waals surface area contributed by atoms with Gasteiger partial charge in [-0.15, -0.1) is 0 Å². The number of benzene rings is 1. The lowest BCUT2D eigenvalue weighted by Gasteiger charge is -2.03. The number of carbonyl (C=O) groups excluding carboxylic acids is 1. The van der Waals surface area contributed by atoms with Crippen LogP contribution in [0.2, 0.25) is 0 Å². The molecule has 21 heavy (non-hydrogen) atoms. The van der Waals surface area contributed by atoms with Crippen molar-refractivity contribution in [3.05, 3.63) is 62.4 Å². The minimum Gasteiger partial charge on any atom is -0.496 e. The molecule has 0 spiro atoms. The van der Waals surface area contributed by atoms with E-state index in [1.807, 2.05) is 4.98 Å². The Balaban J connectivity index is 2.12. The van der Waals surface area contributed by atoms with Crippen LogP contribution in [0.5, 0.6) is 5.75 Å². The van der Waals surface area contributed by atoms with Crippen molar-refractivity contribution >= 4 is 12.1 Å². The summed E-state index contributed by atoms with van der Waals surface area (Å²) in [5.41, 5.74) is 1.26. The Morgan fingerprint density at radius 3 is 2.76 bits per heavy atom. The zero-order chi connectivity index (χ0) is 15.2. The summed E-state index contributed by atoms with van der Waals surface area (Å²) in [5, 5.41) is 3.75. The van der Waals surface area contributed by atoms with Crippen molar-refractivity contribution in [3.63, 3.8) is 0 Å². The number of hydrogen-bond donors (Lipinski definition) is 3. The van der Waals surface area contributed by atoms with Gasteiger partial charge in [0, 0.05) is 11.6 Å². The van der Waals surface area contributed by atoms with E-state index in [-0.39, 0.29) is 5.69 Å². The van der Waals surface area contributed by atoms with Gasteiger partial charge in [-0.3, -0.25) is 14.6 Å². The third-order valence-electron chi connectivity index (χ3n) is 2.51. The van der Waals surface area contributed by atoms with Gasteiger partial charge in [-0.1, -0.05) is 12.1 Å². The molecule has 0 unspecified atom stereocenters. The number of aromatic amines is 2. The molecule has 0 aliphatic heterocycles. The SMILES string of the molecule is COc1ccccc1/C=N/NC(=O)c1cc(=O)[nH]c(=O)[nH]1. The maximum absolute atomic E-state index is 11.7. The summed E-state index contributed by atoms with van der Waals surface area (Å²) in [6.07, 6.45) is 1.39. The van der Waals surface area contributed by atoms with Crippen LogP contribution in [-0.2, 0) is 0 Å². The van der Waals surface area contributed by atoms with E-state index in [1.54, 1.807) is 24.3 Å². The summed E-state index contributed by atoms with van der Waals surface area (Å²) < 4.78 is 5.12. The minimum absolute atomic E-state index is 0.180. The second-order valence-corrected chi connectivity index (χ2v) is 3.94. The first-order chi connectivity index (χ1) is 10.1. The number of nitrogens with zero attached hydrogens (tertiary/aromatic N) is 1. The first-order valence-electron chi connectivity index (χ1n) is 5.90.